The van der Waals surface area contributed by atoms with Gasteiger partial charge in [0.1, 0.15) is 12.2 Å². The van der Waals surface area contributed by atoms with Crippen molar-refractivity contribution in [2.45, 2.75) is 12.6 Å². The Morgan fingerprint density at radius 3 is 2.56 bits per heavy atom. The van der Waals surface area contributed by atoms with E-state index >= 15 is 0 Å². The van der Waals surface area contributed by atoms with E-state index in [0.717, 1.165) is 13.2 Å². The van der Waals surface area contributed by atoms with Gasteiger partial charge in [-0.25, -0.2) is 4.39 Å². The van der Waals surface area contributed by atoms with Gasteiger partial charge in [-0.2, -0.15) is 13.2 Å². The van der Waals surface area contributed by atoms with Crippen molar-refractivity contribution in [3.05, 3.63) is 35.1 Å². The topological polar surface area (TPSA) is 26.3 Å². The Labute approximate surface area is 101 Å². The first-order valence-corrected chi connectivity index (χ1v) is 4.76. The van der Waals surface area contributed by atoms with Gasteiger partial charge in [0, 0.05) is 5.56 Å². The normalized spacial score (nSPS) is 10.5. The number of hydrogen-bond donors (Lipinski definition) is 0. The Bertz CT molecular complexity index is 509. The lowest BCUT2D eigenvalue weighted by Gasteiger charge is -2.06. The zero-order valence-electron chi connectivity index (χ0n) is 9.27. The van der Waals surface area contributed by atoms with Gasteiger partial charge in [-0.3, -0.25) is 4.79 Å². The summed E-state index contributed by atoms with van der Waals surface area (Å²) in [4.78, 5) is 10.7. The number of esters is 1. The van der Waals surface area contributed by atoms with Crippen LogP contribution in [0.15, 0.2) is 18.2 Å². The molecule has 0 aliphatic heterocycles. The fourth-order valence-corrected chi connectivity index (χ4v) is 1.12. The summed E-state index contributed by atoms with van der Waals surface area (Å²) in [5.74, 6) is 2.92. The van der Waals surface area contributed by atoms with Crippen molar-refractivity contribution < 1.29 is 27.1 Å². The average Bonchev–Trinajstić information content (AvgIpc) is 2.27. The maximum atomic E-state index is 13.0. The lowest BCUT2D eigenvalue weighted by molar-refractivity contribution is -0.139. The van der Waals surface area contributed by atoms with Crippen LogP contribution in [0.4, 0.5) is 17.6 Å². The molecule has 0 aliphatic rings. The van der Waals surface area contributed by atoms with E-state index in [2.05, 4.69) is 16.6 Å². The van der Waals surface area contributed by atoms with Gasteiger partial charge in [0.15, 0.2) is 0 Å². The van der Waals surface area contributed by atoms with Gasteiger partial charge in [-0.15, -0.1) is 0 Å². The van der Waals surface area contributed by atoms with Gasteiger partial charge in [-0.1, -0.05) is 11.8 Å². The van der Waals surface area contributed by atoms with E-state index in [1.165, 1.54) is 0 Å². The first-order valence-electron chi connectivity index (χ1n) is 4.76. The Kier molecular flexibility index (Phi) is 4.32. The number of benzene rings is 1. The van der Waals surface area contributed by atoms with E-state index in [0.29, 0.717) is 12.1 Å². The third-order valence-corrected chi connectivity index (χ3v) is 1.92. The summed E-state index contributed by atoms with van der Waals surface area (Å²) in [6, 6.07) is 1.96. The molecule has 0 saturated heterocycles. The molecule has 6 heteroatoms. The van der Waals surface area contributed by atoms with E-state index in [-0.39, 0.29) is 12.0 Å². The lowest BCUT2D eigenvalue weighted by atomic mass is 10.1. The molecule has 0 saturated carbocycles. The Morgan fingerprint density at radius 1 is 1.33 bits per heavy atom. The number of carbonyl (C=O) groups is 1. The lowest BCUT2D eigenvalue weighted by Crippen LogP contribution is -2.05. The number of alkyl halides is 3. The van der Waals surface area contributed by atoms with E-state index in [4.69, 9.17) is 0 Å². The van der Waals surface area contributed by atoms with Crippen molar-refractivity contribution in [2.75, 3.05) is 7.11 Å². The van der Waals surface area contributed by atoms with Crippen molar-refractivity contribution >= 4 is 5.97 Å². The molecule has 18 heavy (non-hydrogen) atoms. The molecule has 96 valence electrons. The number of rotatable bonds is 1. The highest BCUT2D eigenvalue weighted by molar-refractivity contribution is 5.72. The van der Waals surface area contributed by atoms with Crippen LogP contribution in [0.1, 0.15) is 17.5 Å². The summed E-state index contributed by atoms with van der Waals surface area (Å²) in [5.41, 5.74) is -1.27. The molecule has 0 unspecified atom stereocenters. The number of halogens is 4. The fraction of sp³-hybridized carbons (Fsp3) is 0.250. The van der Waals surface area contributed by atoms with Crippen LogP contribution in [0.5, 0.6) is 0 Å². The van der Waals surface area contributed by atoms with Gasteiger partial charge in [0.2, 0.25) is 0 Å². The maximum absolute atomic E-state index is 13.0. The van der Waals surface area contributed by atoms with Gasteiger partial charge < -0.3 is 4.74 Å². The fourth-order valence-electron chi connectivity index (χ4n) is 1.12. The van der Waals surface area contributed by atoms with Crippen LogP contribution < -0.4 is 0 Å². The summed E-state index contributed by atoms with van der Waals surface area (Å²) in [7, 11) is 1.16. The maximum Gasteiger partial charge on any atom is 0.416 e. The molecule has 0 heterocycles. The molecule has 0 radical (unpaired) electrons. The number of methoxy groups -OCH3 is 1. The number of carbonyl (C=O) groups excluding carboxylic acids is 1. The minimum Gasteiger partial charge on any atom is -0.468 e. The number of hydrogen-bond acceptors (Lipinski definition) is 2. The molecule has 0 amide bonds. The van der Waals surface area contributed by atoms with Crippen LogP contribution in [-0.2, 0) is 15.7 Å². The Balaban J connectivity index is 2.97. The molecular formula is C12H8F4O2. The van der Waals surface area contributed by atoms with E-state index in [9.17, 15) is 22.4 Å². The van der Waals surface area contributed by atoms with Crippen LogP contribution >= 0.6 is 0 Å². The predicted molar refractivity (Wildman–Crippen MR) is 54.9 cm³/mol. The molecular weight excluding hydrogens is 252 g/mol. The van der Waals surface area contributed by atoms with Crippen molar-refractivity contribution in [3.8, 4) is 11.8 Å². The second-order valence-corrected chi connectivity index (χ2v) is 3.28. The van der Waals surface area contributed by atoms with E-state index in [1.54, 1.807) is 0 Å². The largest absolute Gasteiger partial charge is 0.468 e. The Morgan fingerprint density at radius 2 is 2.00 bits per heavy atom. The summed E-state index contributed by atoms with van der Waals surface area (Å²) in [6.07, 6.45) is -4.91. The Hall–Kier alpha value is -2.03. The van der Waals surface area contributed by atoms with Gasteiger partial charge in [-0.05, 0) is 18.2 Å². The van der Waals surface area contributed by atoms with E-state index < -0.39 is 23.5 Å². The predicted octanol–water partition coefficient (Wildman–Crippen LogP) is 2.76. The zero-order chi connectivity index (χ0) is 13.8. The van der Waals surface area contributed by atoms with E-state index in [1.807, 2.05) is 0 Å². The third-order valence-electron chi connectivity index (χ3n) is 1.92. The third kappa shape index (κ3) is 4.09. The summed E-state index contributed by atoms with van der Waals surface area (Å²) >= 11 is 0. The van der Waals surface area contributed by atoms with Crippen LogP contribution in [0.2, 0.25) is 0 Å². The average molecular weight is 260 g/mol. The smallest absolute Gasteiger partial charge is 0.416 e. The molecule has 0 atom stereocenters. The summed E-state index contributed by atoms with van der Waals surface area (Å²) < 4.78 is 54.3. The highest BCUT2D eigenvalue weighted by Crippen LogP contribution is 2.30. The minimum absolute atomic E-state index is 0.147. The van der Waals surface area contributed by atoms with Crippen LogP contribution in [-0.4, -0.2) is 13.1 Å². The van der Waals surface area contributed by atoms with Crippen LogP contribution in [0.3, 0.4) is 0 Å². The van der Waals surface area contributed by atoms with Crippen LogP contribution in [0, 0.1) is 17.7 Å². The molecule has 0 N–H and O–H groups in total. The molecule has 2 nitrogen and oxygen atoms in total. The van der Waals surface area contributed by atoms with Crippen molar-refractivity contribution in [1.82, 2.24) is 0 Å². The summed E-state index contributed by atoms with van der Waals surface area (Å²) in [5, 5.41) is 0. The highest BCUT2D eigenvalue weighted by Gasteiger charge is 2.31. The molecule has 0 fully saturated rings. The molecule has 0 aliphatic carbocycles. The van der Waals surface area contributed by atoms with Crippen molar-refractivity contribution in [2.24, 2.45) is 0 Å². The van der Waals surface area contributed by atoms with Crippen molar-refractivity contribution in [3.63, 3.8) is 0 Å². The second kappa shape index (κ2) is 5.54. The molecule has 1 rings (SSSR count). The molecule has 0 aromatic heterocycles. The minimum atomic E-state index is -4.64. The molecule has 1 aromatic rings. The molecule has 0 bridgehead atoms. The molecule has 1 aromatic carbocycles. The van der Waals surface area contributed by atoms with Gasteiger partial charge in [0.25, 0.3) is 0 Å². The second-order valence-electron chi connectivity index (χ2n) is 3.28. The monoisotopic (exact) mass is 260 g/mol. The van der Waals surface area contributed by atoms with Gasteiger partial charge >= 0.3 is 12.1 Å². The first kappa shape index (κ1) is 14.0. The van der Waals surface area contributed by atoms with Gasteiger partial charge in [0.05, 0.1) is 12.7 Å². The standard InChI is InChI=1S/C12H8F4O2/c1-18-11(17)4-2-3-8-5-9(12(14,15)16)7-10(13)6-8/h5-7H,4H2,1H3. The summed E-state index contributed by atoms with van der Waals surface area (Å²) in [6.45, 7) is 0. The first-order chi connectivity index (χ1) is 8.32. The highest BCUT2D eigenvalue weighted by atomic mass is 19.4. The SMILES string of the molecule is COC(=O)CC#Cc1cc(F)cc(C(F)(F)F)c1. The van der Waals surface area contributed by atoms with Crippen LogP contribution in [0.25, 0.3) is 0 Å². The zero-order valence-corrected chi connectivity index (χ0v) is 9.27. The quantitative estimate of drug-likeness (QED) is 0.441. The molecule has 0 spiro atoms. The number of ether oxygens (including phenoxy) is 1. The van der Waals surface area contributed by atoms with Crippen molar-refractivity contribution in [1.29, 1.82) is 0 Å².